The van der Waals surface area contributed by atoms with Crippen molar-refractivity contribution in [3.8, 4) is 0 Å². The van der Waals surface area contributed by atoms with Crippen LogP contribution in [0.5, 0.6) is 0 Å². The van der Waals surface area contributed by atoms with Crippen molar-refractivity contribution in [2.45, 2.75) is 25.4 Å². The van der Waals surface area contributed by atoms with E-state index in [0.29, 0.717) is 5.56 Å². The summed E-state index contributed by atoms with van der Waals surface area (Å²) in [5.74, 6) is -1.58. The predicted octanol–water partition coefficient (Wildman–Crippen LogP) is 3.37. The van der Waals surface area contributed by atoms with Crippen molar-refractivity contribution in [1.82, 2.24) is 0 Å². The Hall–Kier alpha value is -0.900. The zero-order valence-electron chi connectivity index (χ0n) is 8.28. The maximum atomic E-state index is 13.3. The summed E-state index contributed by atoms with van der Waals surface area (Å²) in [4.78, 5) is 10.6. The minimum absolute atomic E-state index is 0.194. The van der Waals surface area contributed by atoms with Crippen molar-refractivity contribution in [3.05, 3.63) is 34.3 Å². The standard InChI is InChI=1S/C11H12BrFO2/c1-7(13)9(6-11(14)15)8-4-2-3-5-10(8)12/h2-5,7,9H,6H2,1H3,(H,14,15). The molecule has 0 aliphatic heterocycles. The Morgan fingerprint density at radius 1 is 1.53 bits per heavy atom. The van der Waals surface area contributed by atoms with E-state index in [1.807, 2.05) is 6.07 Å². The molecular weight excluding hydrogens is 263 g/mol. The number of benzene rings is 1. The fraction of sp³-hybridized carbons (Fsp3) is 0.364. The summed E-state index contributed by atoms with van der Waals surface area (Å²) in [6, 6.07) is 7.12. The number of aliphatic carboxylic acids is 1. The van der Waals surface area contributed by atoms with Gasteiger partial charge in [-0.1, -0.05) is 34.1 Å². The van der Waals surface area contributed by atoms with Crippen molar-refractivity contribution in [3.63, 3.8) is 0 Å². The maximum Gasteiger partial charge on any atom is 0.304 e. The van der Waals surface area contributed by atoms with E-state index in [2.05, 4.69) is 15.9 Å². The van der Waals surface area contributed by atoms with E-state index < -0.39 is 18.1 Å². The van der Waals surface area contributed by atoms with Gasteiger partial charge in [-0.2, -0.15) is 0 Å². The molecular formula is C11H12BrFO2. The lowest BCUT2D eigenvalue weighted by Crippen LogP contribution is -2.15. The first-order chi connectivity index (χ1) is 7.02. The highest BCUT2D eigenvalue weighted by atomic mass is 79.9. The van der Waals surface area contributed by atoms with Crippen LogP contribution in [0.15, 0.2) is 28.7 Å². The van der Waals surface area contributed by atoms with Gasteiger partial charge in [0, 0.05) is 10.4 Å². The fourth-order valence-electron chi connectivity index (χ4n) is 1.48. The van der Waals surface area contributed by atoms with Crippen molar-refractivity contribution >= 4 is 21.9 Å². The third kappa shape index (κ3) is 3.30. The Bertz CT molecular complexity index is 352. The van der Waals surface area contributed by atoms with Crippen LogP contribution in [0.2, 0.25) is 0 Å². The lowest BCUT2D eigenvalue weighted by atomic mass is 9.92. The number of hydrogen-bond donors (Lipinski definition) is 1. The predicted molar refractivity (Wildman–Crippen MR) is 59.7 cm³/mol. The molecule has 0 aliphatic rings. The SMILES string of the molecule is CC(F)C(CC(=O)O)c1ccccc1Br. The summed E-state index contributed by atoms with van der Waals surface area (Å²) in [7, 11) is 0. The number of carboxylic acids is 1. The summed E-state index contributed by atoms with van der Waals surface area (Å²) < 4.78 is 14.1. The summed E-state index contributed by atoms with van der Waals surface area (Å²) in [5, 5.41) is 8.70. The van der Waals surface area contributed by atoms with Crippen LogP contribution in [0.1, 0.15) is 24.8 Å². The topological polar surface area (TPSA) is 37.3 Å². The van der Waals surface area contributed by atoms with Gasteiger partial charge in [0.25, 0.3) is 0 Å². The Labute approximate surface area is 96.2 Å². The molecule has 1 rings (SSSR count). The summed E-state index contributed by atoms with van der Waals surface area (Å²) in [6.07, 6.45) is -1.37. The van der Waals surface area contributed by atoms with Crippen LogP contribution < -0.4 is 0 Å². The fourth-order valence-corrected chi connectivity index (χ4v) is 2.06. The molecule has 0 aliphatic carbocycles. The largest absolute Gasteiger partial charge is 0.481 e. The Kier molecular flexibility index (Phi) is 4.27. The summed E-state index contributed by atoms with van der Waals surface area (Å²) in [5.41, 5.74) is 0.704. The molecule has 2 atom stereocenters. The highest BCUT2D eigenvalue weighted by molar-refractivity contribution is 9.10. The Balaban J connectivity index is 2.99. The van der Waals surface area contributed by atoms with E-state index in [1.165, 1.54) is 6.92 Å². The molecule has 1 N–H and O–H groups in total. The summed E-state index contributed by atoms with van der Waals surface area (Å²) >= 11 is 3.30. The first-order valence-corrected chi connectivity index (χ1v) is 5.42. The molecule has 0 fully saturated rings. The molecule has 1 aromatic carbocycles. The van der Waals surface area contributed by atoms with Crippen LogP contribution in [-0.4, -0.2) is 17.2 Å². The number of halogens is 2. The molecule has 2 unspecified atom stereocenters. The minimum Gasteiger partial charge on any atom is -0.481 e. The van der Waals surface area contributed by atoms with Crippen LogP contribution >= 0.6 is 15.9 Å². The molecule has 0 heterocycles. The molecule has 0 saturated carbocycles. The highest BCUT2D eigenvalue weighted by Gasteiger charge is 2.23. The second kappa shape index (κ2) is 5.26. The monoisotopic (exact) mass is 274 g/mol. The zero-order valence-corrected chi connectivity index (χ0v) is 9.87. The summed E-state index contributed by atoms with van der Waals surface area (Å²) in [6.45, 7) is 1.38. The Morgan fingerprint density at radius 3 is 2.60 bits per heavy atom. The van der Waals surface area contributed by atoms with E-state index in [1.54, 1.807) is 18.2 Å². The first-order valence-electron chi connectivity index (χ1n) is 4.62. The van der Waals surface area contributed by atoms with Gasteiger partial charge in [-0.05, 0) is 18.6 Å². The second-order valence-electron chi connectivity index (χ2n) is 3.40. The van der Waals surface area contributed by atoms with Gasteiger partial charge in [-0.3, -0.25) is 4.79 Å². The van der Waals surface area contributed by atoms with Crippen LogP contribution in [-0.2, 0) is 4.79 Å². The third-order valence-electron chi connectivity index (χ3n) is 2.25. The molecule has 1 aromatic rings. The van der Waals surface area contributed by atoms with Gasteiger partial charge in [-0.15, -0.1) is 0 Å². The molecule has 2 nitrogen and oxygen atoms in total. The van der Waals surface area contributed by atoms with Crippen LogP contribution in [0.3, 0.4) is 0 Å². The minimum atomic E-state index is -1.18. The van der Waals surface area contributed by atoms with Crippen LogP contribution in [0.25, 0.3) is 0 Å². The zero-order chi connectivity index (χ0) is 11.4. The molecule has 0 saturated heterocycles. The van der Waals surface area contributed by atoms with E-state index in [9.17, 15) is 9.18 Å². The number of alkyl halides is 1. The van der Waals surface area contributed by atoms with Crippen LogP contribution in [0, 0.1) is 0 Å². The van der Waals surface area contributed by atoms with E-state index >= 15 is 0 Å². The molecule has 0 bridgehead atoms. The molecule has 82 valence electrons. The molecule has 0 radical (unpaired) electrons. The first kappa shape index (κ1) is 12.2. The quantitative estimate of drug-likeness (QED) is 0.914. The lowest BCUT2D eigenvalue weighted by molar-refractivity contribution is -0.137. The maximum absolute atomic E-state index is 13.3. The average molecular weight is 275 g/mol. The molecule has 0 amide bonds. The molecule has 0 spiro atoms. The van der Waals surface area contributed by atoms with E-state index in [4.69, 9.17) is 5.11 Å². The van der Waals surface area contributed by atoms with Crippen molar-refractivity contribution in [2.75, 3.05) is 0 Å². The van der Waals surface area contributed by atoms with E-state index in [0.717, 1.165) is 4.47 Å². The average Bonchev–Trinajstić information content (AvgIpc) is 2.15. The lowest BCUT2D eigenvalue weighted by Gasteiger charge is -2.17. The molecule has 15 heavy (non-hydrogen) atoms. The van der Waals surface area contributed by atoms with Gasteiger partial charge in [-0.25, -0.2) is 4.39 Å². The van der Waals surface area contributed by atoms with Crippen molar-refractivity contribution in [2.24, 2.45) is 0 Å². The number of hydrogen-bond acceptors (Lipinski definition) is 1. The van der Waals surface area contributed by atoms with Gasteiger partial charge >= 0.3 is 5.97 Å². The molecule has 0 aromatic heterocycles. The van der Waals surface area contributed by atoms with E-state index in [-0.39, 0.29) is 6.42 Å². The van der Waals surface area contributed by atoms with Crippen molar-refractivity contribution < 1.29 is 14.3 Å². The normalized spacial score (nSPS) is 14.6. The highest BCUT2D eigenvalue weighted by Crippen LogP contribution is 2.31. The smallest absolute Gasteiger partial charge is 0.304 e. The van der Waals surface area contributed by atoms with Gasteiger partial charge in [0.2, 0.25) is 0 Å². The van der Waals surface area contributed by atoms with Crippen molar-refractivity contribution in [1.29, 1.82) is 0 Å². The van der Waals surface area contributed by atoms with Gasteiger partial charge in [0.15, 0.2) is 0 Å². The van der Waals surface area contributed by atoms with Gasteiger partial charge in [0.05, 0.1) is 6.42 Å². The number of carbonyl (C=O) groups is 1. The van der Waals surface area contributed by atoms with Gasteiger partial charge in [0.1, 0.15) is 6.17 Å². The van der Waals surface area contributed by atoms with Crippen LogP contribution in [0.4, 0.5) is 4.39 Å². The Morgan fingerprint density at radius 2 is 2.13 bits per heavy atom. The van der Waals surface area contributed by atoms with Gasteiger partial charge < -0.3 is 5.11 Å². The number of carboxylic acid groups (broad SMARTS) is 1. The third-order valence-corrected chi connectivity index (χ3v) is 2.98. The second-order valence-corrected chi connectivity index (χ2v) is 4.26. The number of rotatable bonds is 4. The molecule has 4 heteroatoms.